The van der Waals surface area contributed by atoms with Crippen LogP contribution in [0.5, 0.6) is 0 Å². The largest absolute Gasteiger partial charge is 0.142 e. The Bertz CT molecular complexity index is 149. The van der Waals surface area contributed by atoms with Crippen LogP contribution in [0.1, 0.15) is 0 Å². The highest BCUT2D eigenvalue weighted by molar-refractivity contribution is 9.70. The molecule has 0 N–H and O–H groups in total. The van der Waals surface area contributed by atoms with E-state index in [1.165, 1.54) is 4.62 Å². The Hall–Kier alpha value is 1.09. The van der Waals surface area contributed by atoms with Crippen molar-refractivity contribution in [3.63, 3.8) is 0 Å². The van der Waals surface area contributed by atoms with Gasteiger partial charge in [0, 0.05) is 4.62 Å². The van der Waals surface area contributed by atoms with Crippen molar-refractivity contribution in [2.45, 2.75) is 0 Å². The molecule has 0 saturated carbocycles. The first-order valence-electron chi connectivity index (χ1n) is 1.96. The summed E-state index contributed by atoms with van der Waals surface area (Å²) < 4.78 is 1.38. The number of hydrogen-bond acceptors (Lipinski definition) is 1. The first kappa shape index (κ1) is 7.20. The van der Waals surface area contributed by atoms with Gasteiger partial charge in [-0.15, -0.1) is 11.3 Å². The molecule has 0 aliphatic carbocycles. The van der Waals surface area contributed by atoms with Gasteiger partial charge in [-0.25, -0.2) is 0 Å². The lowest BCUT2D eigenvalue weighted by atomic mass is 10.7. The van der Waals surface area contributed by atoms with Gasteiger partial charge in [-0.05, 0) is 42.4 Å². The quantitative estimate of drug-likeness (QED) is 0.688. The normalized spacial score (nSPS) is 10.4. The Morgan fingerprint density at radius 2 is 2.25 bits per heavy atom. The van der Waals surface area contributed by atoms with E-state index < -0.39 is 0 Å². The van der Waals surface area contributed by atoms with Crippen molar-refractivity contribution < 1.29 is 0 Å². The van der Waals surface area contributed by atoms with Crippen LogP contribution < -0.4 is 4.62 Å². The van der Waals surface area contributed by atoms with Crippen molar-refractivity contribution in [2.24, 2.45) is 0 Å². The highest BCUT2D eigenvalue weighted by Crippen LogP contribution is 2.51. The smallest absolute Gasteiger partial charge is 0.0756 e. The summed E-state index contributed by atoms with van der Waals surface area (Å²) in [6, 6.07) is 4.16. The minimum Gasteiger partial charge on any atom is -0.142 e. The molecular formula is C4H3Br2PS. The minimum atomic E-state index is -0.215. The third-order valence-corrected chi connectivity index (χ3v) is 6.39. The predicted octanol–water partition coefficient (Wildman–Crippen LogP) is 3.48. The Morgan fingerprint density at radius 1 is 1.50 bits per heavy atom. The van der Waals surface area contributed by atoms with Crippen LogP contribution in [0.3, 0.4) is 0 Å². The van der Waals surface area contributed by atoms with Gasteiger partial charge in [-0.1, -0.05) is 6.07 Å². The summed E-state index contributed by atoms with van der Waals surface area (Å²) in [4.78, 5) is 0. The summed E-state index contributed by atoms with van der Waals surface area (Å²) in [5.41, 5.74) is 0. The maximum Gasteiger partial charge on any atom is 0.0756 e. The van der Waals surface area contributed by atoms with Crippen molar-refractivity contribution >= 4 is 52.3 Å². The predicted molar refractivity (Wildman–Crippen MR) is 48.7 cm³/mol. The van der Waals surface area contributed by atoms with E-state index in [-0.39, 0.29) is 5.33 Å². The number of thiophene rings is 1. The fraction of sp³-hybridized carbons (Fsp3) is 0. The molecule has 8 heavy (non-hydrogen) atoms. The zero-order valence-electron chi connectivity index (χ0n) is 3.84. The average molecular weight is 274 g/mol. The minimum absolute atomic E-state index is 0.215. The summed E-state index contributed by atoms with van der Waals surface area (Å²) in [6.07, 6.45) is 0. The van der Waals surface area contributed by atoms with E-state index >= 15 is 0 Å². The summed E-state index contributed by atoms with van der Waals surface area (Å²) >= 11 is 8.67. The zero-order chi connectivity index (χ0) is 5.98. The molecule has 0 nitrogen and oxygen atoms in total. The van der Waals surface area contributed by atoms with E-state index in [0.29, 0.717) is 0 Å². The highest BCUT2D eigenvalue weighted by atomic mass is 79.9. The molecule has 0 fully saturated rings. The Morgan fingerprint density at radius 3 is 2.50 bits per heavy atom. The summed E-state index contributed by atoms with van der Waals surface area (Å²) in [5.74, 6) is 0. The fourth-order valence-electron chi connectivity index (χ4n) is 0.366. The standard InChI is InChI=1S/C4H3Br2PS/c5-7(6)4-2-1-3-8-4/h1-3H. The number of hydrogen-bond donors (Lipinski definition) is 0. The molecule has 0 radical (unpaired) electrons. The van der Waals surface area contributed by atoms with Gasteiger partial charge in [0.15, 0.2) is 0 Å². The molecule has 0 bridgehead atoms. The highest BCUT2D eigenvalue weighted by Gasteiger charge is 2.00. The third kappa shape index (κ3) is 1.80. The fourth-order valence-corrected chi connectivity index (χ4v) is 3.73. The van der Waals surface area contributed by atoms with Crippen LogP contribution in [0, 0.1) is 0 Å². The molecule has 4 heteroatoms. The molecule has 0 aliphatic rings. The van der Waals surface area contributed by atoms with Crippen molar-refractivity contribution in [3.05, 3.63) is 17.5 Å². The van der Waals surface area contributed by atoms with Crippen molar-refractivity contribution in [1.29, 1.82) is 0 Å². The van der Waals surface area contributed by atoms with E-state index in [9.17, 15) is 0 Å². The van der Waals surface area contributed by atoms with Crippen LogP contribution in [0.4, 0.5) is 0 Å². The molecule has 1 aromatic rings. The molecule has 0 atom stereocenters. The molecule has 0 unspecified atom stereocenters. The first-order valence-corrected chi connectivity index (χ1v) is 8.22. The zero-order valence-corrected chi connectivity index (χ0v) is 8.73. The first-order chi connectivity index (χ1) is 3.80. The molecular weight excluding hydrogens is 271 g/mol. The lowest BCUT2D eigenvalue weighted by Crippen LogP contribution is -1.78. The SMILES string of the molecule is BrP(Br)c1cccs1. The summed E-state index contributed by atoms with van der Waals surface area (Å²) in [5, 5.41) is 1.86. The van der Waals surface area contributed by atoms with Gasteiger partial charge in [0.25, 0.3) is 0 Å². The lowest BCUT2D eigenvalue weighted by Gasteiger charge is -1.90. The molecule has 0 spiro atoms. The molecule has 0 amide bonds. The van der Waals surface area contributed by atoms with Crippen LogP contribution in [0.25, 0.3) is 0 Å². The van der Waals surface area contributed by atoms with Crippen LogP contribution in [-0.2, 0) is 0 Å². The van der Waals surface area contributed by atoms with Gasteiger partial charge in [-0.3, -0.25) is 0 Å². The van der Waals surface area contributed by atoms with Gasteiger partial charge >= 0.3 is 0 Å². The molecule has 1 rings (SSSR count). The van der Waals surface area contributed by atoms with Crippen LogP contribution in [-0.4, -0.2) is 0 Å². The second kappa shape index (κ2) is 3.31. The molecule has 0 aliphatic heterocycles. The Kier molecular flexibility index (Phi) is 2.98. The van der Waals surface area contributed by atoms with Gasteiger partial charge in [0.1, 0.15) is 0 Å². The molecule has 0 saturated heterocycles. The molecule has 44 valence electrons. The maximum absolute atomic E-state index is 3.45. The van der Waals surface area contributed by atoms with Crippen molar-refractivity contribution in [2.75, 3.05) is 0 Å². The van der Waals surface area contributed by atoms with E-state index in [1.54, 1.807) is 11.3 Å². The second-order valence-electron chi connectivity index (χ2n) is 1.18. The number of halogens is 2. The summed E-state index contributed by atoms with van der Waals surface area (Å²) in [6.45, 7) is 0. The van der Waals surface area contributed by atoms with Gasteiger partial charge < -0.3 is 0 Å². The van der Waals surface area contributed by atoms with Crippen LogP contribution >= 0.6 is 47.6 Å². The van der Waals surface area contributed by atoms with E-state index in [0.717, 1.165) is 0 Å². The van der Waals surface area contributed by atoms with Gasteiger partial charge in [-0.2, -0.15) is 0 Å². The second-order valence-corrected chi connectivity index (χ2v) is 10.5. The van der Waals surface area contributed by atoms with Crippen molar-refractivity contribution in [3.8, 4) is 0 Å². The monoisotopic (exact) mass is 272 g/mol. The van der Waals surface area contributed by atoms with Crippen LogP contribution in [0.2, 0.25) is 0 Å². The Labute approximate surface area is 69.5 Å². The van der Waals surface area contributed by atoms with Crippen molar-refractivity contribution in [1.82, 2.24) is 0 Å². The van der Waals surface area contributed by atoms with Gasteiger partial charge in [0.05, 0.1) is 5.33 Å². The van der Waals surface area contributed by atoms with E-state index in [1.807, 2.05) is 0 Å². The molecule has 1 heterocycles. The topological polar surface area (TPSA) is 0 Å². The number of rotatable bonds is 1. The third-order valence-electron chi connectivity index (χ3n) is 0.673. The lowest BCUT2D eigenvalue weighted by molar-refractivity contribution is 2.07. The molecule has 0 aromatic carbocycles. The maximum atomic E-state index is 3.45. The van der Waals surface area contributed by atoms with E-state index in [4.69, 9.17) is 0 Å². The average Bonchev–Trinajstić information content (AvgIpc) is 2.12. The van der Waals surface area contributed by atoms with Gasteiger partial charge in [0.2, 0.25) is 0 Å². The van der Waals surface area contributed by atoms with Crippen LogP contribution in [0.15, 0.2) is 17.5 Å². The van der Waals surface area contributed by atoms with E-state index in [2.05, 4.69) is 48.5 Å². The molecule has 1 aromatic heterocycles. The Balaban J connectivity index is 2.77. The summed E-state index contributed by atoms with van der Waals surface area (Å²) in [7, 11) is 0.